The van der Waals surface area contributed by atoms with E-state index in [4.69, 9.17) is 5.73 Å². The molecule has 1 amide bonds. The predicted molar refractivity (Wildman–Crippen MR) is 71.0 cm³/mol. The van der Waals surface area contributed by atoms with Crippen molar-refractivity contribution in [3.63, 3.8) is 0 Å². The molecule has 0 radical (unpaired) electrons. The number of amides is 1. The normalized spacial score (nSPS) is 31.3. The molecule has 2 aliphatic rings. The van der Waals surface area contributed by atoms with Crippen LogP contribution in [0.1, 0.15) is 51.4 Å². The Morgan fingerprint density at radius 3 is 2.50 bits per heavy atom. The van der Waals surface area contributed by atoms with Crippen LogP contribution in [0.4, 0.5) is 0 Å². The van der Waals surface area contributed by atoms with Crippen molar-refractivity contribution < 1.29 is 9.90 Å². The number of likely N-dealkylation sites (N-methyl/N-ethyl adjacent to an activating group) is 1. The zero-order valence-electron chi connectivity index (χ0n) is 11.4. The van der Waals surface area contributed by atoms with Gasteiger partial charge in [0.15, 0.2) is 0 Å². The van der Waals surface area contributed by atoms with Crippen molar-refractivity contribution in [1.29, 1.82) is 0 Å². The molecule has 0 aromatic rings. The minimum absolute atomic E-state index is 0.00641. The van der Waals surface area contributed by atoms with Crippen LogP contribution < -0.4 is 5.73 Å². The number of carbonyl (C=O) groups excluding carboxylic acids is 1. The Morgan fingerprint density at radius 2 is 1.89 bits per heavy atom. The van der Waals surface area contributed by atoms with E-state index >= 15 is 0 Å². The van der Waals surface area contributed by atoms with Crippen molar-refractivity contribution in [2.45, 2.75) is 63.0 Å². The van der Waals surface area contributed by atoms with Gasteiger partial charge in [0.1, 0.15) is 0 Å². The van der Waals surface area contributed by atoms with E-state index in [-0.39, 0.29) is 17.9 Å². The van der Waals surface area contributed by atoms with E-state index < -0.39 is 5.60 Å². The van der Waals surface area contributed by atoms with Crippen LogP contribution >= 0.6 is 0 Å². The van der Waals surface area contributed by atoms with E-state index in [0.717, 1.165) is 51.4 Å². The van der Waals surface area contributed by atoms with Gasteiger partial charge in [0, 0.05) is 19.6 Å². The average molecular weight is 254 g/mol. The van der Waals surface area contributed by atoms with Crippen LogP contribution in [0.25, 0.3) is 0 Å². The monoisotopic (exact) mass is 254 g/mol. The van der Waals surface area contributed by atoms with Crippen LogP contribution in [0.5, 0.6) is 0 Å². The molecule has 0 saturated heterocycles. The quantitative estimate of drug-likeness (QED) is 0.797. The number of rotatable bonds is 3. The summed E-state index contributed by atoms with van der Waals surface area (Å²) in [4.78, 5) is 14.1. The summed E-state index contributed by atoms with van der Waals surface area (Å²) in [5, 5.41) is 10.3. The fraction of sp³-hybridized carbons (Fsp3) is 0.929. The zero-order chi connectivity index (χ0) is 13.2. The number of hydrogen-bond acceptors (Lipinski definition) is 3. The van der Waals surface area contributed by atoms with Gasteiger partial charge in [0.05, 0.1) is 11.5 Å². The number of nitrogens with zero attached hydrogens (tertiary/aromatic N) is 1. The lowest BCUT2D eigenvalue weighted by molar-refractivity contribution is -0.139. The molecule has 2 fully saturated rings. The smallest absolute Gasteiger partial charge is 0.227 e. The van der Waals surface area contributed by atoms with Crippen molar-refractivity contribution in [2.24, 2.45) is 11.7 Å². The first-order valence-electron chi connectivity index (χ1n) is 7.25. The Bertz CT molecular complexity index is 300. The highest BCUT2D eigenvalue weighted by Crippen LogP contribution is 2.31. The maximum absolute atomic E-state index is 12.4. The highest BCUT2D eigenvalue weighted by molar-refractivity contribution is 5.79. The highest BCUT2D eigenvalue weighted by Gasteiger charge is 2.36. The third-order valence-corrected chi connectivity index (χ3v) is 4.58. The average Bonchev–Trinajstić information content (AvgIpc) is 2.75. The van der Waals surface area contributed by atoms with Crippen LogP contribution in [-0.4, -0.2) is 41.1 Å². The number of hydrogen-bond donors (Lipinski definition) is 2. The summed E-state index contributed by atoms with van der Waals surface area (Å²) in [7, 11) is 1.81. The van der Waals surface area contributed by atoms with E-state index in [2.05, 4.69) is 0 Å². The molecule has 2 atom stereocenters. The van der Waals surface area contributed by atoms with Gasteiger partial charge in [-0.15, -0.1) is 0 Å². The molecule has 0 heterocycles. The van der Waals surface area contributed by atoms with Crippen LogP contribution in [0.3, 0.4) is 0 Å². The Morgan fingerprint density at radius 1 is 1.28 bits per heavy atom. The lowest BCUT2D eigenvalue weighted by Crippen LogP contribution is -2.48. The van der Waals surface area contributed by atoms with Gasteiger partial charge < -0.3 is 15.7 Å². The number of carbonyl (C=O) groups is 1. The Labute approximate surface area is 110 Å². The second kappa shape index (κ2) is 5.57. The van der Waals surface area contributed by atoms with E-state index in [1.165, 1.54) is 0 Å². The van der Waals surface area contributed by atoms with Crippen molar-refractivity contribution in [3.8, 4) is 0 Å². The Hall–Kier alpha value is -0.610. The Balaban J connectivity index is 1.91. The van der Waals surface area contributed by atoms with Gasteiger partial charge in [0.2, 0.25) is 5.91 Å². The van der Waals surface area contributed by atoms with Crippen molar-refractivity contribution >= 4 is 5.91 Å². The second-order valence-corrected chi connectivity index (χ2v) is 6.18. The highest BCUT2D eigenvalue weighted by atomic mass is 16.3. The van der Waals surface area contributed by atoms with Crippen molar-refractivity contribution in [3.05, 3.63) is 0 Å². The summed E-state index contributed by atoms with van der Waals surface area (Å²) in [5.41, 5.74) is 5.40. The molecule has 2 aliphatic carbocycles. The topological polar surface area (TPSA) is 66.6 Å². The molecular formula is C14H26N2O2. The minimum atomic E-state index is -0.650. The zero-order valence-corrected chi connectivity index (χ0v) is 11.4. The molecule has 2 saturated carbocycles. The molecular weight excluding hydrogens is 228 g/mol. The van der Waals surface area contributed by atoms with Gasteiger partial charge >= 0.3 is 0 Å². The molecule has 0 aliphatic heterocycles. The maximum atomic E-state index is 12.4. The minimum Gasteiger partial charge on any atom is -0.388 e. The lowest BCUT2D eigenvalue weighted by atomic mass is 9.84. The summed E-state index contributed by atoms with van der Waals surface area (Å²) in [6, 6.07) is 0.00641. The predicted octanol–water partition coefficient (Wildman–Crippen LogP) is 1.27. The summed E-state index contributed by atoms with van der Waals surface area (Å²) in [6.45, 7) is 0.467. The van der Waals surface area contributed by atoms with Gasteiger partial charge in [-0.05, 0) is 25.7 Å². The third kappa shape index (κ3) is 3.04. The lowest BCUT2D eigenvalue weighted by Gasteiger charge is -2.34. The fourth-order valence-corrected chi connectivity index (χ4v) is 3.46. The number of aliphatic hydroxyl groups is 1. The molecule has 0 bridgehead atoms. The molecule has 0 aromatic heterocycles. The summed E-state index contributed by atoms with van der Waals surface area (Å²) >= 11 is 0. The van der Waals surface area contributed by atoms with Gasteiger partial charge in [-0.3, -0.25) is 4.79 Å². The van der Waals surface area contributed by atoms with Crippen molar-refractivity contribution in [1.82, 2.24) is 4.90 Å². The van der Waals surface area contributed by atoms with E-state index in [0.29, 0.717) is 6.54 Å². The molecule has 2 rings (SSSR count). The molecule has 4 heteroatoms. The van der Waals surface area contributed by atoms with Crippen LogP contribution in [0.15, 0.2) is 0 Å². The van der Waals surface area contributed by atoms with Crippen LogP contribution in [-0.2, 0) is 4.79 Å². The first-order valence-corrected chi connectivity index (χ1v) is 7.25. The van der Waals surface area contributed by atoms with Gasteiger partial charge in [0.25, 0.3) is 0 Å². The van der Waals surface area contributed by atoms with Gasteiger partial charge in [-0.2, -0.15) is 0 Å². The molecule has 3 N–H and O–H groups in total. The van der Waals surface area contributed by atoms with Gasteiger partial charge in [-0.1, -0.05) is 25.7 Å². The molecule has 0 aromatic carbocycles. The maximum Gasteiger partial charge on any atom is 0.227 e. The summed E-state index contributed by atoms with van der Waals surface area (Å²) in [5.74, 6) is 0.0938. The molecule has 4 nitrogen and oxygen atoms in total. The van der Waals surface area contributed by atoms with Crippen LogP contribution in [0, 0.1) is 5.92 Å². The van der Waals surface area contributed by atoms with Crippen LogP contribution in [0.2, 0.25) is 0 Å². The number of nitrogens with two attached hydrogens (primary N) is 1. The van der Waals surface area contributed by atoms with E-state index in [1.54, 1.807) is 11.9 Å². The molecule has 2 unspecified atom stereocenters. The SMILES string of the molecule is CN(CC1(O)CCCC1)C(=O)C1CCCCC1N. The molecule has 0 spiro atoms. The van der Waals surface area contributed by atoms with E-state index in [1.807, 2.05) is 0 Å². The van der Waals surface area contributed by atoms with E-state index in [9.17, 15) is 9.90 Å². The Kier molecular flexibility index (Phi) is 4.28. The van der Waals surface area contributed by atoms with Gasteiger partial charge in [-0.25, -0.2) is 0 Å². The first kappa shape index (κ1) is 13.8. The first-order chi connectivity index (χ1) is 8.52. The molecule has 104 valence electrons. The van der Waals surface area contributed by atoms with Crippen molar-refractivity contribution in [2.75, 3.05) is 13.6 Å². The second-order valence-electron chi connectivity index (χ2n) is 6.18. The summed E-state index contributed by atoms with van der Waals surface area (Å²) in [6.07, 6.45) is 7.88. The standard InChI is InChI=1S/C14H26N2O2/c1-16(10-14(18)8-4-5-9-14)13(17)11-6-2-3-7-12(11)15/h11-12,18H,2-10,15H2,1H3. The largest absolute Gasteiger partial charge is 0.388 e. The molecule has 18 heavy (non-hydrogen) atoms. The fourth-order valence-electron chi connectivity index (χ4n) is 3.46. The third-order valence-electron chi connectivity index (χ3n) is 4.58. The summed E-state index contributed by atoms with van der Waals surface area (Å²) < 4.78 is 0.